The standard InChI is InChI=1S/C23H24N4O3/c1-8-23(5,6)26-22(30)20(28)18-14(3)19(27(7)15(18)4)21(29)25-17-10-9-13(2)16(11-17)12-24/h1,9-11H,2-7H3,(H,25,29)(H,26,30). The molecule has 2 aromatic rings. The Morgan fingerprint density at radius 3 is 2.37 bits per heavy atom. The Bertz CT molecular complexity index is 1140. The van der Waals surface area contributed by atoms with Gasteiger partial charge in [0.15, 0.2) is 0 Å². The number of aromatic nitrogens is 1. The van der Waals surface area contributed by atoms with Crippen molar-refractivity contribution in [3.8, 4) is 18.4 Å². The van der Waals surface area contributed by atoms with Gasteiger partial charge in [-0.3, -0.25) is 14.4 Å². The highest BCUT2D eigenvalue weighted by Crippen LogP contribution is 2.24. The summed E-state index contributed by atoms with van der Waals surface area (Å²) in [6.45, 7) is 8.30. The summed E-state index contributed by atoms with van der Waals surface area (Å²) >= 11 is 0. The first kappa shape index (κ1) is 22.4. The maximum atomic E-state index is 12.9. The molecule has 2 amide bonds. The number of nitrogens with zero attached hydrogens (tertiary/aromatic N) is 2. The van der Waals surface area contributed by atoms with E-state index in [-0.39, 0.29) is 11.3 Å². The van der Waals surface area contributed by atoms with E-state index in [4.69, 9.17) is 6.42 Å². The molecule has 1 aromatic heterocycles. The van der Waals surface area contributed by atoms with Crippen LogP contribution in [0.25, 0.3) is 0 Å². The summed E-state index contributed by atoms with van der Waals surface area (Å²) in [5.41, 5.74) is 2.02. The summed E-state index contributed by atoms with van der Waals surface area (Å²) in [4.78, 5) is 38.1. The number of rotatable bonds is 5. The number of benzene rings is 1. The molecule has 7 heteroatoms. The molecule has 0 atom stereocenters. The molecule has 0 fully saturated rings. The number of terminal acetylenes is 1. The molecule has 0 saturated carbocycles. The van der Waals surface area contributed by atoms with Crippen molar-refractivity contribution in [2.45, 2.75) is 40.2 Å². The van der Waals surface area contributed by atoms with E-state index in [2.05, 4.69) is 22.6 Å². The zero-order valence-corrected chi connectivity index (χ0v) is 17.9. The van der Waals surface area contributed by atoms with Crippen molar-refractivity contribution in [3.63, 3.8) is 0 Å². The van der Waals surface area contributed by atoms with Crippen LogP contribution in [-0.4, -0.2) is 27.7 Å². The average Bonchev–Trinajstić information content (AvgIpc) is 2.91. The summed E-state index contributed by atoms with van der Waals surface area (Å²) in [5, 5.41) is 14.4. The Labute approximate surface area is 176 Å². The van der Waals surface area contributed by atoms with Crippen LogP contribution in [0.1, 0.15) is 57.1 Å². The van der Waals surface area contributed by atoms with E-state index in [0.29, 0.717) is 22.5 Å². The van der Waals surface area contributed by atoms with Gasteiger partial charge in [-0.1, -0.05) is 12.0 Å². The molecular weight excluding hydrogens is 380 g/mol. The summed E-state index contributed by atoms with van der Waals surface area (Å²) in [6, 6.07) is 7.09. The number of nitrogens with one attached hydrogen (secondary N) is 2. The fraction of sp³-hybridized carbons (Fsp3) is 0.304. The Morgan fingerprint density at radius 1 is 1.17 bits per heavy atom. The van der Waals surface area contributed by atoms with Crippen molar-refractivity contribution in [1.82, 2.24) is 9.88 Å². The minimum absolute atomic E-state index is 0.162. The van der Waals surface area contributed by atoms with Crippen molar-refractivity contribution < 1.29 is 14.4 Å². The van der Waals surface area contributed by atoms with Gasteiger partial charge in [0, 0.05) is 18.4 Å². The molecule has 1 heterocycles. The number of carbonyl (C=O) groups is 3. The highest BCUT2D eigenvalue weighted by Gasteiger charge is 2.30. The van der Waals surface area contributed by atoms with E-state index in [0.717, 1.165) is 5.56 Å². The SMILES string of the molecule is C#CC(C)(C)NC(=O)C(=O)c1c(C)c(C(=O)Nc2ccc(C)c(C#N)c2)n(C)c1C. The minimum atomic E-state index is -0.979. The molecule has 7 nitrogen and oxygen atoms in total. The van der Waals surface area contributed by atoms with E-state index in [1.54, 1.807) is 64.4 Å². The number of carbonyl (C=O) groups excluding carboxylic acids is 3. The van der Waals surface area contributed by atoms with Gasteiger partial charge in [0.1, 0.15) is 5.69 Å². The van der Waals surface area contributed by atoms with Crippen molar-refractivity contribution >= 4 is 23.3 Å². The van der Waals surface area contributed by atoms with Crippen LogP contribution in [0.2, 0.25) is 0 Å². The van der Waals surface area contributed by atoms with E-state index in [1.165, 1.54) is 0 Å². The molecule has 0 spiro atoms. The molecule has 0 radical (unpaired) electrons. The van der Waals surface area contributed by atoms with Crippen molar-refractivity contribution in [2.75, 3.05) is 5.32 Å². The van der Waals surface area contributed by atoms with Gasteiger partial charge in [0.05, 0.1) is 22.7 Å². The second kappa shape index (κ2) is 8.26. The van der Waals surface area contributed by atoms with Gasteiger partial charge in [-0.05, 0) is 57.9 Å². The number of anilines is 1. The van der Waals surface area contributed by atoms with E-state index in [9.17, 15) is 19.6 Å². The third-order valence-corrected chi connectivity index (χ3v) is 4.98. The first-order valence-corrected chi connectivity index (χ1v) is 9.26. The molecule has 154 valence electrons. The molecule has 30 heavy (non-hydrogen) atoms. The number of aryl methyl sites for hydroxylation is 1. The van der Waals surface area contributed by atoms with Crippen molar-refractivity contribution in [1.29, 1.82) is 5.26 Å². The van der Waals surface area contributed by atoms with Gasteiger partial charge >= 0.3 is 0 Å². The lowest BCUT2D eigenvalue weighted by molar-refractivity contribution is -0.118. The molecule has 2 N–H and O–H groups in total. The van der Waals surface area contributed by atoms with Crippen LogP contribution in [0.15, 0.2) is 18.2 Å². The van der Waals surface area contributed by atoms with E-state index in [1.807, 2.05) is 0 Å². The number of hydrogen-bond acceptors (Lipinski definition) is 4. The van der Waals surface area contributed by atoms with Crippen LogP contribution in [0.3, 0.4) is 0 Å². The summed E-state index contributed by atoms with van der Waals surface area (Å²) < 4.78 is 1.57. The van der Waals surface area contributed by atoms with Gasteiger partial charge in [-0.2, -0.15) is 5.26 Å². The second-order valence-electron chi connectivity index (χ2n) is 7.64. The van der Waals surface area contributed by atoms with Crippen LogP contribution in [0.4, 0.5) is 5.69 Å². The zero-order valence-electron chi connectivity index (χ0n) is 17.9. The summed E-state index contributed by atoms with van der Waals surface area (Å²) in [6.07, 6.45) is 5.37. The normalized spacial score (nSPS) is 10.7. The minimum Gasteiger partial charge on any atom is -0.343 e. The molecule has 2 rings (SSSR count). The third kappa shape index (κ3) is 4.26. The quantitative estimate of drug-likeness (QED) is 0.454. The topological polar surface area (TPSA) is 104 Å². The van der Waals surface area contributed by atoms with Crippen LogP contribution < -0.4 is 10.6 Å². The largest absolute Gasteiger partial charge is 0.343 e. The monoisotopic (exact) mass is 404 g/mol. The summed E-state index contributed by atoms with van der Waals surface area (Å²) in [5.74, 6) is 0.363. The van der Waals surface area contributed by atoms with Gasteiger partial charge in [-0.15, -0.1) is 6.42 Å². The molecule has 1 aromatic carbocycles. The number of hydrogen-bond donors (Lipinski definition) is 2. The highest BCUT2D eigenvalue weighted by atomic mass is 16.2. The molecule has 0 aliphatic carbocycles. The van der Waals surface area contributed by atoms with Gasteiger partial charge in [-0.25, -0.2) is 0 Å². The zero-order chi connectivity index (χ0) is 22.8. The van der Waals surface area contributed by atoms with Gasteiger partial charge in [0.2, 0.25) is 0 Å². The fourth-order valence-corrected chi connectivity index (χ4v) is 3.13. The molecular formula is C23H24N4O3. The van der Waals surface area contributed by atoms with E-state index < -0.39 is 23.1 Å². The lowest BCUT2D eigenvalue weighted by Crippen LogP contribution is -2.45. The molecule has 0 bridgehead atoms. The van der Waals surface area contributed by atoms with Crippen LogP contribution >= 0.6 is 0 Å². The van der Waals surface area contributed by atoms with Crippen LogP contribution in [-0.2, 0) is 11.8 Å². The molecule has 0 aliphatic heterocycles. The molecule has 0 saturated heterocycles. The van der Waals surface area contributed by atoms with Crippen LogP contribution in [0, 0.1) is 44.4 Å². The first-order chi connectivity index (χ1) is 13.9. The van der Waals surface area contributed by atoms with Gasteiger partial charge in [0.25, 0.3) is 17.6 Å². The number of nitriles is 1. The first-order valence-electron chi connectivity index (χ1n) is 9.26. The van der Waals surface area contributed by atoms with Gasteiger partial charge < -0.3 is 15.2 Å². The third-order valence-electron chi connectivity index (χ3n) is 4.98. The number of ketones is 1. The average molecular weight is 404 g/mol. The highest BCUT2D eigenvalue weighted by molar-refractivity contribution is 6.43. The van der Waals surface area contributed by atoms with E-state index >= 15 is 0 Å². The lowest BCUT2D eigenvalue weighted by atomic mass is 10.0. The molecule has 0 aliphatic rings. The Morgan fingerprint density at radius 2 is 1.80 bits per heavy atom. The number of Topliss-reactive ketones (excluding diaryl/α,β-unsaturated/α-hetero) is 1. The van der Waals surface area contributed by atoms with Crippen LogP contribution in [0.5, 0.6) is 0 Å². The van der Waals surface area contributed by atoms with Crippen molar-refractivity contribution in [3.05, 3.63) is 51.8 Å². The van der Waals surface area contributed by atoms with Crippen molar-refractivity contribution in [2.24, 2.45) is 7.05 Å². The Kier molecular flexibility index (Phi) is 6.18. The second-order valence-corrected chi connectivity index (χ2v) is 7.64. The maximum absolute atomic E-state index is 12.9. The lowest BCUT2D eigenvalue weighted by Gasteiger charge is -2.18. The smallest absolute Gasteiger partial charge is 0.293 e. The number of amides is 2. The predicted octanol–water partition coefficient (Wildman–Crippen LogP) is 2.79. The Balaban J connectivity index is 2.39. The Hall–Kier alpha value is -3.84. The predicted molar refractivity (Wildman–Crippen MR) is 114 cm³/mol. The summed E-state index contributed by atoms with van der Waals surface area (Å²) in [7, 11) is 1.65. The maximum Gasteiger partial charge on any atom is 0.293 e. The molecule has 0 unspecified atom stereocenters. The fourth-order valence-electron chi connectivity index (χ4n) is 3.13.